The van der Waals surface area contributed by atoms with Gasteiger partial charge in [0.2, 0.25) is 0 Å². The van der Waals surface area contributed by atoms with Gasteiger partial charge in [0.15, 0.2) is 9.84 Å². The number of hydrogen-bond donors (Lipinski definition) is 1. The van der Waals surface area contributed by atoms with Crippen LogP contribution in [0.5, 0.6) is 0 Å². The van der Waals surface area contributed by atoms with Gasteiger partial charge in [-0.15, -0.1) is 6.42 Å². The van der Waals surface area contributed by atoms with E-state index >= 15 is 0 Å². The van der Waals surface area contributed by atoms with Gasteiger partial charge in [-0.05, 0) is 24.3 Å². The van der Waals surface area contributed by atoms with E-state index in [4.69, 9.17) is 12.2 Å². The summed E-state index contributed by atoms with van der Waals surface area (Å²) in [6.45, 7) is 0. The van der Waals surface area contributed by atoms with Gasteiger partial charge in [0.1, 0.15) is 5.75 Å². The molecule has 3 nitrogen and oxygen atoms in total. The van der Waals surface area contributed by atoms with Gasteiger partial charge in [0, 0.05) is 5.69 Å². The lowest BCUT2D eigenvalue weighted by Gasteiger charge is -1.99. The Balaban J connectivity index is 3.11. The average molecular weight is 195 g/mol. The number of sulfone groups is 1. The van der Waals surface area contributed by atoms with Crippen LogP contribution in [0.1, 0.15) is 0 Å². The van der Waals surface area contributed by atoms with Gasteiger partial charge in [0.05, 0.1) is 4.90 Å². The molecule has 0 unspecified atom stereocenters. The highest BCUT2D eigenvalue weighted by Gasteiger charge is 2.11. The van der Waals surface area contributed by atoms with Crippen molar-refractivity contribution < 1.29 is 8.42 Å². The van der Waals surface area contributed by atoms with Crippen LogP contribution in [0, 0.1) is 12.3 Å². The molecular weight excluding hydrogens is 186 g/mol. The summed E-state index contributed by atoms with van der Waals surface area (Å²) in [6, 6.07) is 5.96. The second-order valence-electron chi connectivity index (χ2n) is 2.53. The molecule has 0 amide bonds. The lowest BCUT2D eigenvalue weighted by Crippen LogP contribution is -2.04. The first-order valence-electron chi connectivity index (χ1n) is 3.58. The predicted molar refractivity (Wildman–Crippen MR) is 51.7 cm³/mol. The van der Waals surface area contributed by atoms with Gasteiger partial charge in [-0.2, -0.15) is 0 Å². The first-order chi connectivity index (χ1) is 6.06. The molecule has 13 heavy (non-hydrogen) atoms. The van der Waals surface area contributed by atoms with Crippen LogP contribution < -0.4 is 5.73 Å². The van der Waals surface area contributed by atoms with Crippen LogP contribution in [0.4, 0.5) is 5.69 Å². The van der Waals surface area contributed by atoms with Crippen molar-refractivity contribution in [1.82, 2.24) is 0 Å². The molecule has 0 aliphatic rings. The molecule has 0 aromatic heterocycles. The van der Waals surface area contributed by atoms with Gasteiger partial charge < -0.3 is 5.73 Å². The molecule has 0 bridgehead atoms. The quantitative estimate of drug-likeness (QED) is 0.557. The van der Waals surface area contributed by atoms with Crippen LogP contribution in [-0.4, -0.2) is 14.2 Å². The first-order valence-corrected chi connectivity index (χ1v) is 5.23. The maximum Gasteiger partial charge on any atom is 0.189 e. The van der Waals surface area contributed by atoms with Crippen molar-refractivity contribution in [3.05, 3.63) is 24.3 Å². The molecule has 0 spiro atoms. The summed E-state index contributed by atoms with van der Waals surface area (Å²) >= 11 is 0. The highest BCUT2D eigenvalue weighted by atomic mass is 32.2. The monoisotopic (exact) mass is 195 g/mol. The summed E-state index contributed by atoms with van der Waals surface area (Å²) in [7, 11) is -3.32. The Hall–Kier alpha value is -1.47. The zero-order chi connectivity index (χ0) is 9.90. The molecule has 0 saturated carbocycles. The molecule has 0 fully saturated rings. The van der Waals surface area contributed by atoms with E-state index in [-0.39, 0.29) is 10.6 Å². The molecule has 0 heterocycles. The highest BCUT2D eigenvalue weighted by molar-refractivity contribution is 7.91. The number of rotatable bonds is 2. The van der Waals surface area contributed by atoms with Gasteiger partial charge in [-0.3, -0.25) is 0 Å². The summed E-state index contributed by atoms with van der Waals surface area (Å²) in [6.07, 6.45) is 4.93. The van der Waals surface area contributed by atoms with E-state index in [1.807, 2.05) is 0 Å². The number of nitrogens with two attached hydrogens (primary N) is 1. The van der Waals surface area contributed by atoms with E-state index in [9.17, 15) is 8.42 Å². The Kier molecular flexibility index (Phi) is 2.59. The molecule has 0 aliphatic heterocycles. The fourth-order valence-electron chi connectivity index (χ4n) is 0.868. The normalized spacial score (nSPS) is 10.7. The van der Waals surface area contributed by atoms with E-state index in [0.717, 1.165) is 0 Å². The third kappa shape index (κ3) is 2.23. The number of terminal acetylenes is 1. The summed E-state index contributed by atoms with van der Waals surface area (Å²) in [4.78, 5) is 0.208. The van der Waals surface area contributed by atoms with Crippen molar-refractivity contribution in [3.8, 4) is 12.3 Å². The number of benzene rings is 1. The molecule has 1 aromatic rings. The van der Waals surface area contributed by atoms with E-state index in [2.05, 4.69) is 5.92 Å². The van der Waals surface area contributed by atoms with Crippen LogP contribution in [0.2, 0.25) is 0 Å². The van der Waals surface area contributed by atoms with Crippen LogP contribution >= 0.6 is 0 Å². The Morgan fingerprint density at radius 3 is 2.31 bits per heavy atom. The lowest BCUT2D eigenvalue weighted by atomic mass is 10.3. The molecule has 68 valence electrons. The zero-order valence-corrected chi connectivity index (χ0v) is 7.71. The predicted octanol–water partition coefficient (Wildman–Crippen LogP) is 0.676. The molecule has 0 atom stereocenters. The molecule has 0 aliphatic carbocycles. The number of nitrogen functional groups attached to an aromatic ring is 1. The summed E-state index contributed by atoms with van der Waals surface area (Å²) in [5.74, 6) is 1.82. The van der Waals surface area contributed by atoms with Crippen LogP contribution in [-0.2, 0) is 9.84 Å². The largest absolute Gasteiger partial charge is 0.399 e. The van der Waals surface area contributed by atoms with Crippen molar-refractivity contribution in [2.75, 3.05) is 11.5 Å². The SMILES string of the molecule is C#CCS(=O)(=O)c1ccc(N)cc1. The van der Waals surface area contributed by atoms with E-state index in [1.54, 1.807) is 0 Å². The molecule has 4 heteroatoms. The Morgan fingerprint density at radius 2 is 1.85 bits per heavy atom. The smallest absolute Gasteiger partial charge is 0.189 e. The second-order valence-corrected chi connectivity index (χ2v) is 4.52. The van der Waals surface area contributed by atoms with Crippen molar-refractivity contribution in [2.45, 2.75) is 4.90 Å². The fourth-order valence-corrected chi connectivity index (χ4v) is 1.81. The van der Waals surface area contributed by atoms with Gasteiger partial charge >= 0.3 is 0 Å². The fraction of sp³-hybridized carbons (Fsp3) is 0.111. The Bertz CT molecular complexity index is 426. The Labute approximate surface area is 77.5 Å². The molecule has 2 N–H and O–H groups in total. The number of anilines is 1. The molecule has 0 radical (unpaired) electrons. The third-order valence-corrected chi connectivity index (χ3v) is 3.05. The van der Waals surface area contributed by atoms with E-state index < -0.39 is 9.84 Å². The van der Waals surface area contributed by atoms with E-state index in [1.165, 1.54) is 24.3 Å². The van der Waals surface area contributed by atoms with Gasteiger partial charge in [-0.25, -0.2) is 8.42 Å². The van der Waals surface area contributed by atoms with Crippen LogP contribution in [0.15, 0.2) is 29.2 Å². The third-order valence-electron chi connectivity index (χ3n) is 1.51. The summed E-state index contributed by atoms with van der Waals surface area (Å²) in [5, 5.41) is 0. The highest BCUT2D eigenvalue weighted by Crippen LogP contribution is 2.12. The number of hydrogen-bond acceptors (Lipinski definition) is 3. The van der Waals surface area contributed by atoms with Crippen molar-refractivity contribution in [3.63, 3.8) is 0 Å². The van der Waals surface area contributed by atoms with Crippen molar-refractivity contribution in [1.29, 1.82) is 0 Å². The summed E-state index contributed by atoms with van der Waals surface area (Å²) < 4.78 is 22.7. The second kappa shape index (κ2) is 3.50. The maximum absolute atomic E-state index is 11.4. The van der Waals surface area contributed by atoms with Gasteiger partial charge in [-0.1, -0.05) is 5.92 Å². The van der Waals surface area contributed by atoms with Crippen molar-refractivity contribution in [2.24, 2.45) is 0 Å². The summed E-state index contributed by atoms with van der Waals surface area (Å²) in [5.41, 5.74) is 5.94. The Morgan fingerprint density at radius 1 is 1.31 bits per heavy atom. The lowest BCUT2D eigenvalue weighted by molar-refractivity contribution is 0.599. The maximum atomic E-state index is 11.4. The minimum atomic E-state index is -3.32. The van der Waals surface area contributed by atoms with Crippen LogP contribution in [0.3, 0.4) is 0 Å². The zero-order valence-electron chi connectivity index (χ0n) is 6.90. The van der Waals surface area contributed by atoms with Crippen LogP contribution in [0.25, 0.3) is 0 Å². The topological polar surface area (TPSA) is 60.2 Å². The van der Waals surface area contributed by atoms with Crippen molar-refractivity contribution >= 4 is 15.5 Å². The molecule has 0 saturated heterocycles. The minimum absolute atomic E-state index is 0.208. The average Bonchev–Trinajstić information content (AvgIpc) is 2.05. The molecule has 1 rings (SSSR count). The standard InChI is InChI=1S/C9H9NO2S/c1-2-7-13(11,12)9-5-3-8(10)4-6-9/h1,3-6H,7,10H2. The molecular formula is C9H9NO2S. The van der Waals surface area contributed by atoms with Gasteiger partial charge in [0.25, 0.3) is 0 Å². The first kappa shape index (κ1) is 9.62. The van der Waals surface area contributed by atoms with E-state index in [0.29, 0.717) is 5.69 Å². The molecule has 1 aromatic carbocycles. The minimum Gasteiger partial charge on any atom is -0.399 e.